The molecule has 0 saturated carbocycles. The molecule has 0 bridgehead atoms. The quantitative estimate of drug-likeness (QED) is 0.102. The monoisotopic (exact) mass is 867 g/mol. The number of hydrogen-bond donors (Lipinski definition) is 1. The number of hydrogen-bond acceptors (Lipinski definition) is 11. The van der Waals surface area contributed by atoms with Crippen LogP contribution in [0.3, 0.4) is 0 Å². The Hall–Kier alpha value is -5.47. The number of carboxylic acid groups (broad SMARTS) is 1. The minimum Gasteiger partial charge on any atom is -0.478 e. The summed E-state index contributed by atoms with van der Waals surface area (Å²) in [4.78, 5) is 98.5. The van der Waals surface area contributed by atoms with Crippen LogP contribution in [0, 0.1) is 17.8 Å². The van der Waals surface area contributed by atoms with Crippen LogP contribution in [0.2, 0.25) is 0 Å². The fourth-order valence-corrected chi connectivity index (χ4v) is 6.61. The molecule has 2 aromatic rings. The van der Waals surface area contributed by atoms with Gasteiger partial charge < -0.3 is 33.9 Å². The summed E-state index contributed by atoms with van der Waals surface area (Å²) in [5.74, 6) is -5.80. The zero-order chi connectivity index (χ0) is 47.1. The molecule has 0 unspecified atom stereocenters. The maximum Gasteiger partial charge on any atom is 0.410 e. The highest BCUT2D eigenvalue weighted by molar-refractivity contribution is 5.92. The summed E-state index contributed by atoms with van der Waals surface area (Å²) in [6.45, 7) is 17.6. The number of carboxylic acids is 1. The molecule has 0 radical (unpaired) electrons. The van der Waals surface area contributed by atoms with E-state index in [0.29, 0.717) is 11.1 Å². The molecule has 0 aliphatic heterocycles. The molecule has 0 spiro atoms. The first-order valence-corrected chi connectivity index (χ1v) is 21.2. The average Bonchev–Trinajstić information content (AvgIpc) is 3.18. The normalized spacial score (nSPS) is 14.5. The fourth-order valence-electron chi connectivity index (χ4n) is 6.61. The number of amides is 3. The molecule has 62 heavy (non-hydrogen) atoms. The van der Waals surface area contributed by atoms with E-state index in [1.807, 2.05) is 41.5 Å². The molecule has 344 valence electrons. The van der Waals surface area contributed by atoms with E-state index in [0.717, 1.165) is 14.7 Å². The van der Waals surface area contributed by atoms with Gasteiger partial charge in [0, 0.05) is 34.0 Å². The van der Waals surface area contributed by atoms with Crippen molar-refractivity contribution in [2.45, 2.75) is 143 Å². The Morgan fingerprint density at radius 2 is 0.887 bits per heavy atom. The van der Waals surface area contributed by atoms with E-state index >= 15 is 0 Å². The Labute approximate surface area is 367 Å². The van der Waals surface area contributed by atoms with Gasteiger partial charge in [0.25, 0.3) is 11.8 Å². The maximum atomic E-state index is 14.5. The van der Waals surface area contributed by atoms with Gasteiger partial charge >= 0.3 is 30.0 Å². The van der Waals surface area contributed by atoms with E-state index in [2.05, 4.69) is 0 Å². The Morgan fingerprint density at radius 3 is 1.27 bits per heavy atom. The van der Waals surface area contributed by atoms with Crippen molar-refractivity contribution in [3.05, 3.63) is 71.8 Å². The molecule has 1 N–H and O–H groups in total. The molecule has 0 fully saturated rings. The lowest BCUT2D eigenvalue weighted by Gasteiger charge is -2.34. The third-order valence-electron chi connectivity index (χ3n) is 9.92. The van der Waals surface area contributed by atoms with Gasteiger partial charge in [-0.05, 0) is 75.8 Å². The third kappa shape index (κ3) is 17.1. The van der Waals surface area contributed by atoms with Gasteiger partial charge in [-0.1, -0.05) is 102 Å². The molecule has 0 aliphatic rings. The van der Waals surface area contributed by atoms with Crippen LogP contribution < -0.4 is 0 Å². The van der Waals surface area contributed by atoms with Crippen molar-refractivity contribution < 1.29 is 57.6 Å². The van der Waals surface area contributed by atoms with Gasteiger partial charge in [0.1, 0.15) is 23.7 Å². The van der Waals surface area contributed by atoms with Crippen LogP contribution in [-0.2, 0) is 60.6 Å². The van der Waals surface area contributed by atoms with Crippen molar-refractivity contribution in [3.8, 4) is 0 Å². The standard InChI is InChI=1S/C47H69N3O12/c1-29(2)24-35(43(55)59-32(7)40(51)48(11)36(25-30(3)4)44(56)61-39(42(53)54)28-34-22-18-15-19-23-34)49(12)41(52)38(27-33-20-16-14-17-21-33)60-45(57)37(26-31(5)6)50(13)46(58)62-47(8,9)10/h14-23,29-32,35-39H,24-28H2,1-13H3,(H,53,54)/t32-,35+,36+,37+,38-,39-/m1/s1. The lowest BCUT2D eigenvalue weighted by atomic mass is 10.0. The lowest BCUT2D eigenvalue weighted by Crippen LogP contribution is -2.53. The summed E-state index contributed by atoms with van der Waals surface area (Å²) in [6, 6.07) is 14.0. The lowest BCUT2D eigenvalue weighted by molar-refractivity contribution is -0.174. The van der Waals surface area contributed by atoms with Crippen LogP contribution in [0.5, 0.6) is 0 Å². The van der Waals surface area contributed by atoms with Crippen molar-refractivity contribution in [1.82, 2.24) is 14.7 Å². The molecular weight excluding hydrogens is 799 g/mol. The van der Waals surface area contributed by atoms with Crippen LogP contribution in [0.4, 0.5) is 4.79 Å². The summed E-state index contributed by atoms with van der Waals surface area (Å²) >= 11 is 0. The number of ether oxygens (including phenoxy) is 4. The minimum atomic E-state index is -1.51. The van der Waals surface area contributed by atoms with Crippen molar-refractivity contribution in [2.24, 2.45) is 17.8 Å². The number of benzene rings is 2. The van der Waals surface area contributed by atoms with Gasteiger partial charge in [-0.25, -0.2) is 24.0 Å². The van der Waals surface area contributed by atoms with Crippen molar-refractivity contribution in [1.29, 1.82) is 0 Å². The highest BCUT2D eigenvalue weighted by Gasteiger charge is 2.40. The number of rotatable bonds is 22. The second kappa shape index (κ2) is 24.2. The number of carbonyl (C=O) groups is 7. The van der Waals surface area contributed by atoms with Crippen LogP contribution in [0.15, 0.2) is 60.7 Å². The molecular formula is C47H69N3O12. The minimum absolute atomic E-state index is 0.0507. The van der Waals surface area contributed by atoms with E-state index in [9.17, 15) is 38.7 Å². The Balaban J connectivity index is 2.39. The van der Waals surface area contributed by atoms with Gasteiger partial charge in [-0.15, -0.1) is 0 Å². The molecule has 2 aromatic carbocycles. The Morgan fingerprint density at radius 1 is 0.532 bits per heavy atom. The van der Waals surface area contributed by atoms with Gasteiger partial charge in [-0.2, -0.15) is 0 Å². The molecule has 6 atom stereocenters. The maximum absolute atomic E-state index is 14.5. The van der Waals surface area contributed by atoms with Crippen molar-refractivity contribution in [2.75, 3.05) is 21.1 Å². The van der Waals surface area contributed by atoms with Crippen LogP contribution >= 0.6 is 0 Å². The van der Waals surface area contributed by atoms with Gasteiger partial charge in [0.05, 0.1) is 0 Å². The highest BCUT2D eigenvalue weighted by atomic mass is 16.6. The molecule has 0 heterocycles. The predicted octanol–water partition coefficient (Wildman–Crippen LogP) is 6.34. The zero-order valence-corrected chi connectivity index (χ0v) is 38.8. The first kappa shape index (κ1) is 52.7. The molecule has 3 amide bonds. The molecule has 0 aromatic heterocycles. The van der Waals surface area contributed by atoms with E-state index in [4.69, 9.17) is 18.9 Å². The van der Waals surface area contributed by atoms with E-state index in [-0.39, 0.29) is 49.9 Å². The number of esters is 3. The Kier molecular flexibility index (Phi) is 20.6. The van der Waals surface area contributed by atoms with E-state index in [1.54, 1.807) is 81.4 Å². The highest BCUT2D eigenvalue weighted by Crippen LogP contribution is 2.22. The number of nitrogens with zero attached hydrogens (tertiary/aromatic N) is 3. The largest absolute Gasteiger partial charge is 0.478 e. The first-order chi connectivity index (χ1) is 28.8. The third-order valence-corrected chi connectivity index (χ3v) is 9.92. The van der Waals surface area contributed by atoms with Crippen LogP contribution in [-0.4, -0.2) is 125 Å². The average molecular weight is 868 g/mol. The van der Waals surface area contributed by atoms with Crippen molar-refractivity contribution in [3.63, 3.8) is 0 Å². The second-order valence-electron chi connectivity index (χ2n) is 18.1. The Bertz CT molecular complexity index is 1790. The predicted molar refractivity (Wildman–Crippen MR) is 233 cm³/mol. The summed E-state index contributed by atoms with van der Waals surface area (Å²) in [7, 11) is 4.18. The van der Waals surface area contributed by atoms with Crippen LogP contribution in [0.25, 0.3) is 0 Å². The van der Waals surface area contributed by atoms with Crippen LogP contribution in [0.1, 0.15) is 99.6 Å². The molecule has 0 aliphatic carbocycles. The number of aliphatic carboxylic acids is 1. The summed E-state index contributed by atoms with van der Waals surface area (Å²) in [5, 5.41) is 9.88. The first-order valence-electron chi connectivity index (χ1n) is 21.2. The molecule has 15 nitrogen and oxygen atoms in total. The van der Waals surface area contributed by atoms with E-state index in [1.165, 1.54) is 28.1 Å². The van der Waals surface area contributed by atoms with Gasteiger partial charge in [0.2, 0.25) is 6.10 Å². The number of likely N-dealkylation sites (N-methyl/N-ethyl adjacent to an activating group) is 3. The number of carbonyl (C=O) groups excluding carboxylic acids is 6. The summed E-state index contributed by atoms with van der Waals surface area (Å²) in [5.41, 5.74) is 0.477. The topological polar surface area (TPSA) is 186 Å². The molecule has 2 rings (SSSR count). The summed E-state index contributed by atoms with van der Waals surface area (Å²) < 4.78 is 22.7. The van der Waals surface area contributed by atoms with Gasteiger partial charge in [-0.3, -0.25) is 14.5 Å². The van der Waals surface area contributed by atoms with E-state index < -0.39 is 83.8 Å². The zero-order valence-electron chi connectivity index (χ0n) is 38.8. The van der Waals surface area contributed by atoms with Crippen molar-refractivity contribution >= 4 is 41.8 Å². The smallest absolute Gasteiger partial charge is 0.410 e. The SMILES string of the molecule is CC(C)C[C@@H](C(=O)O[C@H](Cc1ccccc1)C(=O)N(C)[C@@H](CC(C)C)C(=O)O[C@H](C)C(=O)N(C)[C@@H](CC(C)C)C(=O)O[C@H](Cc1ccccc1)C(=O)O)N(C)C(=O)OC(C)(C)C. The van der Waals surface area contributed by atoms with Gasteiger partial charge in [0.15, 0.2) is 12.2 Å². The molecule has 0 saturated heterocycles. The second-order valence-corrected chi connectivity index (χ2v) is 18.1. The molecule has 15 heteroatoms. The summed E-state index contributed by atoms with van der Waals surface area (Å²) in [6.07, 6.45) is -4.81. The fraction of sp³-hybridized carbons (Fsp3) is 0.596.